The molecule has 0 aliphatic rings. The van der Waals surface area contributed by atoms with Crippen LogP contribution in [-0.2, 0) is 9.59 Å². The Balaban J connectivity index is 5.58. The Labute approximate surface area is 186 Å². The highest BCUT2D eigenvalue weighted by Crippen LogP contribution is 2.43. The second kappa shape index (κ2) is 14.2. The number of nitriles is 4. The number of nitrogens with zero attached hydrogens (tertiary/aromatic N) is 8. The summed E-state index contributed by atoms with van der Waals surface area (Å²) in [6.07, 6.45) is -0.684. The number of rotatable bonds is 15. The highest BCUT2D eigenvalue weighted by atomic mass is 16.4. The molecule has 0 aromatic rings. The first-order valence-electron chi connectivity index (χ1n) is 9.81. The van der Waals surface area contributed by atoms with Gasteiger partial charge in [0.2, 0.25) is 0 Å². The van der Waals surface area contributed by atoms with Crippen LogP contribution in [0.25, 0.3) is 0 Å². The third-order valence-corrected chi connectivity index (χ3v) is 4.98. The molecule has 0 fully saturated rings. The number of carbonyl (C=O) groups is 2. The lowest BCUT2D eigenvalue weighted by molar-refractivity contribution is -0.138. The van der Waals surface area contributed by atoms with Crippen LogP contribution < -0.4 is 0 Å². The Morgan fingerprint density at radius 2 is 1.47 bits per heavy atom. The molecule has 2 N–H and O–H groups in total. The van der Waals surface area contributed by atoms with Gasteiger partial charge in [0.25, 0.3) is 0 Å². The maximum atomic E-state index is 11.1. The minimum absolute atomic E-state index is 0.0841. The summed E-state index contributed by atoms with van der Waals surface area (Å²) >= 11 is 0. The Bertz CT molecular complexity index is 876. The van der Waals surface area contributed by atoms with E-state index in [9.17, 15) is 20.1 Å². The van der Waals surface area contributed by atoms with Gasteiger partial charge in [0.15, 0.2) is 0 Å². The fraction of sp³-hybridized carbons (Fsp3) is 0.700. The van der Waals surface area contributed by atoms with Crippen LogP contribution in [0.3, 0.4) is 0 Å². The molecule has 0 aromatic carbocycles. The summed E-state index contributed by atoms with van der Waals surface area (Å²) in [5.74, 6) is -3.24. The first-order chi connectivity index (χ1) is 15.1. The van der Waals surface area contributed by atoms with E-state index in [-0.39, 0.29) is 57.8 Å². The molecule has 12 heteroatoms. The van der Waals surface area contributed by atoms with Crippen molar-refractivity contribution in [2.75, 3.05) is 26.2 Å². The number of aliphatic carboxylic acids is 2. The average molecular weight is 442 g/mol. The van der Waals surface area contributed by atoms with Crippen molar-refractivity contribution in [1.82, 2.24) is 0 Å². The number of carboxylic acid groups (broad SMARTS) is 2. The first kappa shape index (κ1) is 28.1. The van der Waals surface area contributed by atoms with Crippen LogP contribution >= 0.6 is 0 Å². The van der Waals surface area contributed by atoms with E-state index in [2.05, 4.69) is 20.5 Å². The van der Waals surface area contributed by atoms with Crippen LogP contribution in [0.5, 0.6) is 0 Å². The zero-order chi connectivity index (χ0) is 24.6. The molecule has 0 aromatic heterocycles. The zero-order valence-electron chi connectivity index (χ0n) is 18.1. The molecule has 0 amide bonds. The molecule has 4 unspecified atom stereocenters. The Kier molecular flexibility index (Phi) is 12.4. The lowest BCUT2D eigenvalue weighted by Gasteiger charge is -2.36. The molecule has 0 rings (SSSR count). The molecule has 0 heterocycles. The average Bonchev–Trinajstić information content (AvgIpc) is 2.77. The molecule has 4 atom stereocenters. The third kappa shape index (κ3) is 9.28. The monoisotopic (exact) mass is 442 g/mol. The molecule has 0 radical (unpaired) electrons. The van der Waals surface area contributed by atoms with E-state index >= 15 is 0 Å². The molecule has 0 aliphatic carbocycles. The lowest BCUT2D eigenvalue weighted by Crippen LogP contribution is -2.43. The smallest absolute Gasteiger partial charge is 0.303 e. The van der Waals surface area contributed by atoms with Gasteiger partial charge in [-0.15, -0.1) is 0 Å². The van der Waals surface area contributed by atoms with E-state index in [1.54, 1.807) is 6.92 Å². The maximum absolute atomic E-state index is 11.1. The highest BCUT2D eigenvalue weighted by Gasteiger charge is 2.50. The Morgan fingerprint density at radius 1 is 0.875 bits per heavy atom. The van der Waals surface area contributed by atoms with Crippen LogP contribution in [0.1, 0.15) is 39.5 Å². The second-order valence-electron chi connectivity index (χ2n) is 7.57. The molecule has 0 aliphatic heterocycles. The fourth-order valence-corrected chi connectivity index (χ4v) is 2.59. The predicted octanol–water partition coefficient (Wildman–Crippen LogP) is 2.96. The molecular formula is C20H26N8O4. The molecule has 0 saturated carbocycles. The van der Waals surface area contributed by atoms with Gasteiger partial charge >= 0.3 is 11.9 Å². The number of hydrogen-bond donors (Lipinski definition) is 2. The van der Waals surface area contributed by atoms with Crippen molar-refractivity contribution in [2.45, 2.75) is 39.5 Å². The van der Waals surface area contributed by atoms with Gasteiger partial charge < -0.3 is 10.2 Å². The van der Waals surface area contributed by atoms with Crippen molar-refractivity contribution in [3.63, 3.8) is 0 Å². The number of azo groups is 2. The van der Waals surface area contributed by atoms with Crippen molar-refractivity contribution >= 4 is 11.9 Å². The van der Waals surface area contributed by atoms with Gasteiger partial charge in [0, 0.05) is 12.8 Å². The van der Waals surface area contributed by atoms with Gasteiger partial charge in [0.05, 0.1) is 73.1 Å². The largest absolute Gasteiger partial charge is 0.481 e. The summed E-state index contributed by atoms with van der Waals surface area (Å²) in [5, 5.41) is 71.0. The first-order valence-corrected chi connectivity index (χ1v) is 9.81. The quantitative estimate of drug-likeness (QED) is 0.358. The molecule has 170 valence electrons. The minimum Gasteiger partial charge on any atom is -0.481 e. The van der Waals surface area contributed by atoms with Gasteiger partial charge in [-0.1, -0.05) is 0 Å². The summed E-state index contributed by atoms with van der Waals surface area (Å²) in [6, 6.07) is 8.00. The van der Waals surface area contributed by atoms with E-state index in [1.165, 1.54) is 6.92 Å². The Morgan fingerprint density at radius 3 is 1.97 bits per heavy atom. The van der Waals surface area contributed by atoms with Crippen molar-refractivity contribution in [3.8, 4) is 24.3 Å². The Hall–Kier alpha value is -3.90. The molecule has 0 spiro atoms. The SMILES string of the molecule is CC(C#N)CN=NCC(C)(C#N)C(C#N)(CCC(=O)O)CN=NCC(C#N)CCC(=O)O. The van der Waals surface area contributed by atoms with Crippen LogP contribution in [-0.4, -0.2) is 48.3 Å². The predicted molar refractivity (Wildman–Crippen MR) is 109 cm³/mol. The van der Waals surface area contributed by atoms with Crippen molar-refractivity contribution < 1.29 is 19.8 Å². The molecule has 0 bridgehead atoms. The van der Waals surface area contributed by atoms with E-state index in [0.717, 1.165) is 0 Å². The molecule has 32 heavy (non-hydrogen) atoms. The lowest BCUT2D eigenvalue weighted by atomic mass is 9.63. The van der Waals surface area contributed by atoms with Crippen LogP contribution in [0.2, 0.25) is 0 Å². The zero-order valence-corrected chi connectivity index (χ0v) is 18.1. The molecule has 12 nitrogen and oxygen atoms in total. The number of carboxylic acids is 2. The normalized spacial score (nSPS) is 16.6. The van der Waals surface area contributed by atoms with Gasteiger partial charge in [-0.2, -0.15) is 41.5 Å². The molecule has 0 saturated heterocycles. The van der Waals surface area contributed by atoms with E-state index < -0.39 is 28.7 Å². The second-order valence-corrected chi connectivity index (χ2v) is 7.57. The number of hydrogen-bond acceptors (Lipinski definition) is 10. The van der Waals surface area contributed by atoms with Gasteiger partial charge in [-0.3, -0.25) is 9.59 Å². The van der Waals surface area contributed by atoms with E-state index in [1.807, 2.05) is 24.3 Å². The standard InChI is InChI=1S/C20H26N8O4/c1-15(7-21)9-25-27-13-19(2,11-23)20(12-24,6-5-18(31)32)14-28-26-10-16(8-22)3-4-17(29)30/h15-16H,3-6,9-10,13-14H2,1-2H3,(H,29,30)(H,31,32). The summed E-state index contributed by atoms with van der Waals surface area (Å²) in [4.78, 5) is 21.8. The van der Waals surface area contributed by atoms with Gasteiger partial charge in [0.1, 0.15) is 0 Å². The van der Waals surface area contributed by atoms with Crippen molar-refractivity contribution in [3.05, 3.63) is 0 Å². The van der Waals surface area contributed by atoms with E-state index in [0.29, 0.717) is 0 Å². The summed E-state index contributed by atoms with van der Waals surface area (Å²) < 4.78 is 0. The maximum Gasteiger partial charge on any atom is 0.303 e. The summed E-state index contributed by atoms with van der Waals surface area (Å²) in [7, 11) is 0. The fourth-order valence-electron chi connectivity index (χ4n) is 2.59. The molecular weight excluding hydrogens is 416 g/mol. The third-order valence-electron chi connectivity index (χ3n) is 4.98. The summed E-state index contributed by atoms with van der Waals surface area (Å²) in [6.45, 7) is 2.65. The van der Waals surface area contributed by atoms with Gasteiger partial charge in [-0.05, 0) is 26.7 Å². The topological polar surface area (TPSA) is 219 Å². The van der Waals surface area contributed by atoms with Crippen LogP contribution in [0.4, 0.5) is 0 Å². The van der Waals surface area contributed by atoms with Crippen LogP contribution in [0, 0.1) is 68.0 Å². The van der Waals surface area contributed by atoms with Gasteiger partial charge in [-0.25, -0.2) is 0 Å². The van der Waals surface area contributed by atoms with Crippen molar-refractivity contribution in [2.24, 2.45) is 43.1 Å². The van der Waals surface area contributed by atoms with Crippen molar-refractivity contribution in [1.29, 1.82) is 21.0 Å². The summed E-state index contributed by atoms with van der Waals surface area (Å²) in [5.41, 5.74) is -3.00. The highest BCUT2D eigenvalue weighted by molar-refractivity contribution is 5.67. The van der Waals surface area contributed by atoms with E-state index in [4.69, 9.17) is 20.7 Å². The minimum atomic E-state index is -1.55. The van der Waals surface area contributed by atoms with Crippen LogP contribution in [0.15, 0.2) is 20.5 Å².